The standard InChI is InChI=1S/C25H46O2/c1-22-23(25(2,3)20-19-24(22)26)18-16-14-12-10-8-6-5-7-9-11-13-15-17-21-27-4/h5-21H2,1-4H3/i21D2. The molecule has 0 heterocycles. The van der Waals surface area contributed by atoms with E-state index in [1.807, 2.05) is 6.92 Å². The van der Waals surface area contributed by atoms with Crippen molar-refractivity contribution in [3.8, 4) is 0 Å². The molecule has 0 radical (unpaired) electrons. The first kappa shape index (κ1) is 21.1. The van der Waals surface area contributed by atoms with Crippen molar-refractivity contribution >= 4 is 5.78 Å². The maximum absolute atomic E-state index is 12.0. The van der Waals surface area contributed by atoms with Crippen LogP contribution in [-0.2, 0) is 9.53 Å². The van der Waals surface area contributed by atoms with Crippen LogP contribution in [0.5, 0.6) is 0 Å². The lowest BCUT2D eigenvalue weighted by Crippen LogP contribution is -2.25. The van der Waals surface area contributed by atoms with Crippen LogP contribution in [0.1, 0.15) is 126 Å². The SMILES string of the molecule is [2H]C([2H])(CCCCCCCCCCCCCCC1=C(C)C(=O)CCC1(C)C)OC. The molecule has 158 valence electrons. The van der Waals surface area contributed by atoms with Crippen LogP contribution in [0.2, 0.25) is 0 Å². The van der Waals surface area contributed by atoms with Gasteiger partial charge in [-0.2, -0.15) is 0 Å². The second kappa shape index (κ2) is 14.4. The number of hydrogen-bond acceptors (Lipinski definition) is 2. The lowest BCUT2D eigenvalue weighted by atomic mass is 9.70. The summed E-state index contributed by atoms with van der Waals surface area (Å²) >= 11 is 0. The van der Waals surface area contributed by atoms with Crippen molar-refractivity contribution in [2.45, 2.75) is 124 Å². The van der Waals surface area contributed by atoms with Crippen molar-refractivity contribution in [2.75, 3.05) is 13.7 Å². The summed E-state index contributed by atoms with van der Waals surface area (Å²) in [7, 11) is 1.44. The van der Waals surface area contributed by atoms with Crippen LogP contribution in [0, 0.1) is 5.41 Å². The summed E-state index contributed by atoms with van der Waals surface area (Å²) in [6.07, 6.45) is 18.4. The van der Waals surface area contributed by atoms with Crippen molar-refractivity contribution < 1.29 is 12.3 Å². The highest BCUT2D eigenvalue weighted by molar-refractivity contribution is 5.96. The number of Topliss-reactive ketones (excluding diaryl/α,β-unsaturated/α-hetero) is 1. The molecular weight excluding hydrogens is 332 g/mol. The molecule has 0 N–H and O–H groups in total. The van der Waals surface area contributed by atoms with Gasteiger partial charge in [-0.1, -0.05) is 90.0 Å². The molecule has 0 fully saturated rings. The van der Waals surface area contributed by atoms with Gasteiger partial charge in [0, 0.05) is 20.1 Å². The van der Waals surface area contributed by atoms with Crippen molar-refractivity contribution in [1.29, 1.82) is 0 Å². The number of unbranched alkanes of at least 4 members (excludes halogenated alkanes) is 11. The molecule has 0 atom stereocenters. The molecule has 1 aliphatic rings. The Kier molecular flexibility index (Phi) is 11.2. The van der Waals surface area contributed by atoms with E-state index in [0.29, 0.717) is 12.2 Å². The van der Waals surface area contributed by atoms with E-state index in [9.17, 15) is 4.79 Å². The quantitative estimate of drug-likeness (QED) is 0.255. The summed E-state index contributed by atoms with van der Waals surface area (Å²) in [6.45, 7) is 5.20. The number of ether oxygens (including phenoxy) is 1. The zero-order valence-electron chi connectivity index (χ0n) is 20.6. The van der Waals surface area contributed by atoms with Crippen LogP contribution >= 0.6 is 0 Å². The maximum atomic E-state index is 12.0. The summed E-state index contributed by atoms with van der Waals surface area (Å²) in [4.78, 5) is 12.0. The van der Waals surface area contributed by atoms with E-state index in [2.05, 4.69) is 13.8 Å². The van der Waals surface area contributed by atoms with E-state index < -0.39 is 6.56 Å². The number of carbonyl (C=O) groups is 1. The lowest BCUT2D eigenvalue weighted by Gasteiger charge is -2.34. The average Bonchev–Trinajstić information content (AvgIpc) is 2.67. The van der Waals surface area contributed by atoms with Gasteiger partial charge in [-0.05, 0) is 43.6 Å². The predicted octanol–water partition coefficient (Wildman–Crippen LogP) is 7.80. The highest BCUT2D eigenvalue weighted by Gasteiger charge is 2.31. The molecule has 1 aliphatic carbocycles. The van der Waals surface area contributed by atoms with E-state index >= 15 is 0 Å². The lowest BCUT2D eigenvalue weighted by molar-refractivity contribution is -0.116. The number of rotatable bonds is 16. The third-order valence-electron chi connectivity index (χ3n) is 6.26. The Labute approximate surface area is 172 Å². The fourth-order valence-electron chi connectivity index (χ4n) is 4.33. The molecular formula is C25H46O2. The monoisotopic (exact) mass is 380 g/mol. The maximum Gasteiger partial charge on any atom is 0.158 e. The topological polar surface area (TPSA) is 26.3 Å². The van der Waals surface area contributed by atoms with Crippen LogP contribution in [0.4, 0.5) is 0 Å². The molecule has 0 aromatic heterocycles. The summed E-state index contributed by atoms with van der Waals surface area (Å²) in [6, 6.07) is 0. The normalized spacial score (nSPS) is 18.6. The Morgan fingerprint density at radius 3 is 1.78 bits per heavy atom. The zero-order chi connectivity index (χ0) is 21.8. The van der Waals surface area contributed by atoms with Gasteiger partial charge in [-0.15, -0.1) is 0 Å². The molecule has 0 aliphatic heterocycles. The van der Waals surface area contributed by atoms with Crippen molar-refractivity contribution in [1.82, 2.24) is 0 Å². The first-order valence-corrected chi connectivity index (χ1v) is 11.5. The number of hydrogen-bond donors (Lipinski definition) is 0. The Balaban J connectivity index is 1.94. The second-order valence-corrected chi connectivity index (χ2v) is 9.00. The van der Waals surface area contributed by atoms with Gasteiger partial charge in [0.25, 0.3) is 0 Å². The minimum absolute atomic E-state index is 0.216. The van der Waals surface area contributed by atoms with Crippen LogP contribution in [0.15, 0.2) is 11.1 Å². The predicted molar refractivity (Wildman–Crippen MR) is 117 cm³/mol. The third-order valence-corrected chi connectivity index (χ3v) is 6.26. The third kappa shape index (κ3) is 10.5. The highest BCUT2D eigenvalue weighted by atomic mass is 16.5. The first-order valence-electron chi connectivity index (χ1n) is 12.5. The number of allylic oxidation sites excluding steroid dienone is 2. The molecule has 0 bridgehead atoms. The molecule has 0 spiro atoms. The van der Waals surface area contributed by atoms with Gasteiger partial charge in [0.15, 0.2) is 5.78 Å². The molecule has 27 heavy (non-hydrogen) atoms. The van der Waals surface area contributed by atoms with Gasteiger partial charge in [0.2, 0.25) is 0 Å². The number of ketones is 1. The van der Waals surface area contributed by atoms with E-state index in [0.717, 1.165) is 37.7 Å². The van der Waals surface area contributed by atoms with E-state index in [1.165, 1.54) is 76.9 Å². The van der Waals surface area contributed by atoms with Gasteiger partial charge in [0.05, 0.1) is 2.74 Å². The molecule has 0 aromatic rings. The molecule has 0 amide bonds. The van der Waals surface area contributed by atoms with Gasteiger partial charge in [-0.3, -0.25) is 4.79 Å². The molecule has 1 rings (SSSR count). The minimum Gasteiger partial charge on any atom is -0.385 e. The molecule has 0 aromatic carbocycles. The van der Waals surface area contributed by atoms with E-state index in [4.69, 9.17) is 7.48 Å². The van der Waals surface area contributed by atoms with Gasteiger partial charge in [-0.25, -0.2) is 0 Å². The molecule has 0 unspecified atom stereocenters. The van der Waals surface area contributed by atoms with Crippen LogP contribution in [-0.4, -0.2) is 19.5 Å². The molecule has 2 nitrogen and oxygen atoms in total. The van der Waals surface area contributed by atoms with Gasteiger partial charge >= 0.3 is 0 Å². The van der Waals surface area contributed by atoms with Gasteiger partial charge < -0.3 is 4.74 Å². The first-order chi connectivity index (χ1) is 13.7. The fourth-order valence-corrected chi connectivity index (χ4v) is 4.33. The Morgan fingerprint density at radius 2 is 1.30 bits per heavy atom. The second-order valence-electron chi connectivity index (χ2n) is 9.00. The molecule has 0 saturated carbocycles. The van der Waals surface area contributed by atoms with Crippen LogP contribution in [0.3, 0.4) is 0 Å². The van der Waals surface area contributed by atoms with E-state index in [1.54, 1.807) is 0 Å². The highest BCUT2D eigenvalue weighted by Crippen LogP contribution is 2.41. The fraction of sp³-hybridized carbons (Fsp3) is 0.880. The Hall–Kier alpha value is -0.630. The van der Waals surface area contributed by atoms with Gasteiger partial charge in [0.1, 0.15) is 0 Å². The summed E-state index contributed by atoms with van der Waals surface area (Å²) in [5, 5.41) is 0. The largest absolute Gasteiger partial charge is 0.385 e. The van der Waals surface area contributed by atoms with E-state index in [-0.39, 0.29) is 5.41 Å². The van der Waals surface area contributed by atoms with Crippen molar-refractivity contribution in [2.24, 2.45) is 5.41 Å². The van der Waals surface area contributed by atoms with Crippen molar-refractivity contribution in [3.05, 3.63) is 11.1 Å². The molecule has 2 heteroatoms. The summed E-state index contributed by atoms with van der Waals surface area (Å²) in [5.41, 5.74) is 2.69. The Morgan fingerprint density at radius 1 is 0.852 bits per heavy atom. The summed E-state index contributed by atoms with van der Waals surface area (Å²) in [5.74, 6) is 0.371. The van der Waals surface area contributed by atoms with Crippen LogP contribution in [0.25, 0.3) is 0 Å². The smallest absolute Gasteiger partial charge is 0.158 e. The number of carbonyl (C=O) groups excluding carboxylic acids is 1. The molecule has 0 saturated heterocycles. The zero-order valence-corrected chi connectivity index (χ0v) is 18.6. The summed E-state index contributed by atoms with van der Waals surface area (Å²) < 4.78 is 19.9. The Bertz CT molecular complexity index is 509. The van der Waals surface area contributed by atoms with Crippen molar-refractivity contribution in [3.63, 3.8) is 0 Å². The van der Waals surface area contributed by atoms with Crippen LogP contribution < -0.4 is 0 Å². The minimum atomic E-state index is -1.44. The number of methoxy groups -OCH3 is 1. The average molecular weight is 381 g/mol.